The van der Waals surface area contributed by atoms with Gasteiger partial charge >= 0.3 is 0 Å². The van der Waals surface area contributed by atoms with Crippen LogP contribution in [0.2, 0.25) is 25.7 Å². The molecule has 0 aliphatic carbocycles. The summed E-state index contributed by atoms with van der Waals surface area (Å²) in [5, 5.41) is 12.0. The lowest BCUT2D eigenvalue weighted by Crippen LogP contribution is -2.45. The highest BCUT2D eigenvalue weighted by molar-refractivity contribution is 6.76. The summed E-state index contributed by atoms with van der Waals surface area (Å²) in [6.45, 7) is 16.0. The molecular formula is C33H44O2Si. The molecule has 0 spiro atoms. The summed E-state index contributed by atoms with van der Waals surface area (Å²) in [5.41, 5.74) is 2.76. The zero-order chi connectivity index (χ0) is 26.4. The molecule has 0 heterocycles. The third-order valence-electron chi connectivity index (χ3n) is 7.17. The Kier molecular flexibility index (Phi) is 9.16. The molecule has 36 heavy (non-hydrogen) atoms. The van der Waals surface area contributed by atoms with E-state index in [-0.39, 0.29) is 11.8 Å². The van der Waals surface area contributed by atoms with E-state index in [2.05, 4.69) is 126 Å². The van der Waals surface area contributed by atoms with E-state index in [0.717, 1.165) is 28.3 Å². The van der Waals surface area contributed by atoms with E-state index in [1.807, 2.05) is 18.2 Å². The molecule has 0 radical (unpaired) electrons. The maximum atomic E-state index is 12.0. The van der Waals surface area contributed by atoms with Crippen LogP contribution in [0, 0.1) is 11.8 Å². The predicted molar refractivity (Wildman–Crippen MR) is 156 cm³/mol. The van der Waals surface area contributed by atoms with Crippen LogP contribution in [0.15, 0.2) is 103 Å². The molecular weight excluding hydrogens is 456 g/mol. The highest BCUT2D eigenvalue weighted by Crippen LogP contribution is 2.42. The molecule has 3 aromatic carbocycles. The third kappa shape index (κ3) is 6.08. The number of aliphatic hydroxyl groups is 1. The summed E-state index contributed by atoms with van der Waals surface area (Å²) >= 11 is 0. The molecule has 0 atom stereocenters. The number of hydrogen-bond donors (Lipinski definition) is 1. The predicted octanol–water partition coefficient (Wildman–Crippen LogP) is 8.30. The van der Waals surface area contributed by atoms with Crippen LogP contribution in [0.4, 0.5) is 0 Å². The lowest BCUT2D eigenvalue weighted by atomic mass is 9.75. The van der Waals surface area contributed by atoms with Crippen molar-refractivity contribution in [2.24, 2.45) is 11.8 Å². The van der Waals surface area contributed by atoms with Crippen molar-refractivity contribution < 1.29 is 9.84 Å². The number of rotatable bonds is 11. The summed E-state index contributed by atoms with van der Waals surface area (Å²) in [7, 11) is -1.49. The lowest BCUT2D eigenvalue weighted by Gasteiger charge is -2.41. The maximum Gasteiger partial charge on any atom is 0.144 e. The van der Waals surface area contributed by atoms with Crippen LogP contribution in [-0.4, -0.2) is 25.4 Å². The van der Waals surface area contributed by atoms with E-state index in [0.29, 0.717) is 6.61 Å². The van der Waals surface area contributed by atoms with Gasteiger partial charge in [0, 0.05) is 8.07 Å². The number of benzene rings is 3. The molecule has 3 rings (SSSR count). The summed E-state index contributed by atoms with van der Waals surface area (Å²) < 4.78 is 7.02. The van der Waals surface area contributed by atoms with Crippen LogP contribution in [0.3, 0.4) is 0 Å². The molecule has 0 unspecified atom stereocenters. The molecule has 2 nitrogen and oxygen atoms in total. The SMILES string of the molecule is CC(C)C(O)(/C(=C\COC(c1ccccc1)(c1ccccc1)c1ccccc1)C[Si](C)(C)C)C(C)C. The first-order valence-electron chi connectivity index (χ1n) is 13.2. The van der Waals surface area contributed by atoms with Crippen LogP contribution in [0.1, 0.15) is 44.4 Å². The van der Waals surface area contributed by atoms with Gasteiger partial charge in [0.05, 0.1) is 12.2 Å². The largest absolute Gasteiger partial charge is 0.385 e. The average molecular weight is 501 g/mol. The Hall–Kier alpha value is -2.46. The minimum absolute atomic E-state index is 0.113. The molecule has 1 N–H and O–H groups in total. The first-order chi connectivity index (χ1) is 17.0. The van der Waals surface area contributed by atoms with E-state index < -0.39 is 19.3 Å². The second-order valence-corrected chi connectivity index (χ2v) is 17.2. The molecule has 3 aromatic rings. The summed E-state index contributed by atoms with van der Waals surface area (Å²) in [6.07, 6.45) is 2.18. The second-order valence-electron chi connectivity index (χ2n) is 11.7. The van der Waals surface area contributed by atoms with Crippen LogP contribution < -0.4 is 0 Å². The van der Waals surface area contributed by atoms with Gasteiger partial charge in [0.1, 0.15) is 5.60 Å². The Morgan fingerprint density at radius 3 is 1.39 bits per heavy atom. The standard InChI is InChI=1S/C33H44O2Si/c1-26(2)32(34,27(3)4)31(25-36(5,6)7)23-24-35-33(28-17-11-8-12-18-28,29-19-13-9-14-20-29)30-21-15-10-16-22-30/h8-23,26-27,34H,24-25H2,1-7H3/b31-23-. The molecule has 0 saturated carbocycles. The Balaban J connectivity index is 2.16. The first kappa shape index (κ1) is 28.1. The second kappa shape index (κ2) is 11.7. The van der Waals surface area contributed by atoms with Crippen molar-refractivity contribution in [3.05, 3.63) is 119 Å². The Bertz CT molecular complexity index is 992. The van der Waals surface area contributed by atoms with Crippen LogP contribution in [-0.2, 0) is 10.3 Å². The van der Waals surface area contributed by atoms with Crippen LogP contribution in [0.25, 0.3) is 0 Å². The third-order valence-corrected chi connectivity index (χ3v) is 8.61. The topological polar surface area (TPSA) is 29.5 Å². The van der Waals surface area contributed by atoms with Crippen molar-refractivity contribution in [1.29, 1.82) is 0 Å². The van der Waals surface area contributed by atoms with Crippen molar-refractivity contribution in [3.8, 4) is 0 Å². The van der Waals surface area contributed by atoms with Crippen molar-refractivity contribution in [2.45, 2.75) is 64.6 Å². The van der Waals surface area contributed by atoms with Gasteiger partial charge < -0.3 is 9.84 Å². The minimum atomic E-state index is -1.49. The quantitative estimate of drug-likeness (QED) is 0.163. The van der Waals surface area contributed by atoms with E-state index in [1.54, 1.807) is 0 Å². The molecule has 0 aromatic heterocycles. The van der Waals surface area contributed by atoms with Crippen LogP contribution >= 0.6 is 0 Å². The summed E-state index contributed by atoms with van der Waals surface area (Å²) in [6, 6.07) is 32.4. The molecule has 0 aliphatic rings. The minimum Gasteiger partial charge on any atom is -0.385 e. The number of hydrogen-bond acceptors (Lipinski definition) is 2. The van der Waals surface area contributed by atoms with Gasteiger partial charge in [0.15, 0.2) is 0 Å². The van der Waals surface area contributed by atoms with Gasteiger partial charge in [0.25, 0.3) is 0 Å². The highest BCUT2D eigenvalue weighted by Gasteiger charge is 2.41. The molecule has 0 amide bonds. The van der Waals surface area contributed by atoms with E-state index in [1.165, 1.54) is 0 Å². The Morgan fingerprint density at radius 1 is 0.722 bits per heavy atom. The fourth-order valence-electron chi connectivity index (χ4n) is 5.39. The summed E-state index contributed by atoms with van der Waals surface area (Å²) in [5.74, 6) is 0.226. The van der Waals surface area contributed by atoms with E-state index in [4.69, 9.17) is 4.74 Å². The van der Waals surface area contributed by atoms with Crippen molar-refractivity contribution >= 4 is 8.07 Å². The molecule has 0 bridgehead atoms. The molecule has 0 saturated heterocycles. The van der Waals surface area contributed by atoms with Crippen LogP contribution in [0.5, 0.6) is 0 Å². The Morgan fingerprint density at radius 2 is 1.08 bits per heavy atom. The molecule has 0 fully saturated rings. The smallest absolute Gasteiger partial charge is 0.144 e. The molecule has 0 aliphatic heterocycles. The lowest BCUT2D eigenvalue weighted by molar-refractivity contribution is -0.0145. The van der Waals surface area contributed by atoms with E-state index >= 15 is 0 Å². The zero-order valence-corrected chi connectivity index (χ0v) is 24.2. The maximum absolute atomic E-state index is 12.0. The average Bonchev–Trinajstić information content (AvgIpc) is 2.86. The van der Waals surface area contributed by atoms with E-state index in [9.17, 15) is 5.11 Å². The fraction of sp³-hybridized carbons (Fsp3) is 0.394. The van der Waals surface area contributed by atoms with Gasteiger partial charge in [-0.1, -0.05) is 144 Å². The van der Waals surface area contributed by atoms with Gasteiger partial charge in [-0.25, -0.2) is 0 Å². The zero-order valence-electron chi connectivity index (χ0n) is 23.2. The number of ether oxygens (including phenoxy) is 1. The van der Waals surface area contributed by atoms with Crippen molar-refractivity contribution in [2.75, 3.05) is 6.61 Å². The normalized spacial score (nSPS) is 13.4. The highest BCUT2D eigenvalue weighted by atomic mass is 28.3. The Labute approximate surface area is 220 Å². The van der Waals surface area contributed by atoms with Crippen molar-refractivity contribution in [3.63, 3.8) is 0 Å². The molecule has 3 heteroatoms. The van der Waals surface area contributed by atoms with Crippen molar-refractivity contribution in [1.82, 2.24) is 0 Å². The first-order valence-corrected chi connectivity index (χ1v) is 16.9. The fourth-order valence-corrected chi connectivity index (χ4v) is 6.96. The summed E-state index contributed by atoms with van der Waals surface area (Å²) in [4.78, 5) is 0. The van der Waals surface area contributed by atoms with Gasteiger partial charge in [-0.3, -0.25) is 0 Å². The van der Waals surface area contributed by atoms with Gasteiger partial charge in [-0.05, 0) is 40.1 Å². The van der Waals surface area contributed by atoms with Gasteiger partial charge in [-0.15, -0.1) is 0 Å². The van der Waals surface area contributed by atoms with Gasteiger partial charge in [-0.2, -0.15) is 0 Å². The van der Waals surface area contributed by atoms with Gasteiger partial charge in [0.2, 0.25) is 0 Å². The monoisotopic (exact) mass is 500 g/mol. The molecule has 192 valence electrons.